The van der Waals surface area contributed by atoms with Crippen molar-refractivity contribution in [2.45, 2.75) is 5.41 Å². The number of hydrogen-bond acceptors (Lipinski definition) is 2. The summed E-state index contributed by atoms with van der Waals surface area (Å²) in [4.78, 5) is 10.7. The molecule has 0 saturated heterocycles. The van der Waals surface area contributed by atoms with Crippen LogP contribution < -0.4 is 0 Å². The van der Waals surface area contributed by atoms with E-state index in [4.69, 9.17) is 9.97 Å². The summed E-state index contributed by atoms with van der Waals surface area (Å²) in [5.74, 6) is 0.693. The molecule has 2 heteroatoms. The van der Waals surface area contributed by atoms with Gasteiger partial charge in [-0.25, -0.2) is 9.97 Å². The molecule has 0 saturated carbocycles. The minimum atomic E-state index is -0.537. The molecule has 2 nitrogen and oxygen atoms in total. The third kappa shape index (κ3) is 5.88. The second-order valence-corrected chi connectivity index (χ2v) is 15.3. The molecule has 0 aliphatic heterocycles. The SMILES string of the molecule is c1ccc(-c2ccc(-c3cc(-c4cc5c(cc4-c4ccc6ccccc6c4)C(c4ccccc4)(c4ccccc4)c4ccccc4-5)nc(-c4ccccc4)n3)cc2)cc1. The highest BCUT2D eigenvalue weighted by Gasteiger charge is 2.46. The predicted octanol–water partition coefficient (Wildman–Crippen LogP) is 14.3. The number of fused-ring (bicyclic) bond motifs is 4. The van der Waals surface area contributed by atoms with Crippen LogP contribution in [0.1, 0.15) is 22.3 Å². The second-order valence-electron chi connectivity index (χ2n) is 15.3. The molecule has 276 valence electrons. The summed E-state index contributed by atoms with van der Waals surface area (Å²) in [7, 11) is 0. The molecule has 0 radical (unpaired) electrons. The molecule has 1 aromatic heterocycles. The van der Waals surface area contributed by atoms with Crippen molar-refractivity contribution in [3.8, 4) is 67.3 Å². The standard InChI is InChI=1S/C57H38N2/c1-5-17-39(18-6-1)41-29-32-42(33-30-41)54-38-55(59-56(58-54)43-20-7-2-8-21-43)51-36-50-48-27-15-16-28-52(48)57(46-23-9-3-10-24-46,47-25-11-4-12-26-47)53(50)37-49(51)45-34-31-40-19-13-14-22-44(40)35-45/h1-38H. The van der Waals surface area contributed by atoms with Crippen molar-refractivity contribution >= 4 is 10.8 Å². The monoisotopic (exact) mass is 750 g/mol. The first-order valence-electron chi connectivity index (χ1n) is 20.2. The number of rotatable bonds is 7. The normalized spacial score (nSPS) is 12.5. The molecule has 0 bridgehead atoms. The average Bonchev–Trinajstić information content (AvgIpc) is 3.62. The molecule has 0 unspecified atom stereocenters. The lowest BCUT2D eigenvalue weighted by Crippen LogP contribution is -2.28. The minimum Gasteiger partial charge on any atom is -0.228 e. The van der Waals surface area contributed by atoms with Gasteiger partial charge in [0.05, 0.1) is 16.8 Å². The summed E-state index contributed by atoms with van der Waals surface area (Å²) in [6.07, 6.45) is 0. The Hall–Kier alpha value is -7.68. The van der Waals surface area contributed by atoms with Gasteiger partial charge < -0.3 is 0 Å². The van der Waals surface area contributed by atoms with Crippen molar-refractivity contribution in [3.05, 3.63) is 253 Å². The molecule has 59 heavy (non-hydrogen) atoms. The van der Waals surface area contributed by atoms with Gasteiger partial charge in [0.25, 0.3) is 0 Å². The van der Waals surface area contributed by atoms with Gasteiger partial charge in [0.2, 0.25) is 0 Å². The summed E-state index contributed by atoms with van der Waals surface area (Å²) in [5, 5.41) is 2.41. The van der Waals surface area contributed by atoms with Gasteiger partial charge in [0, 0.05) is 16.7 Å². The molecule has 9 aromatic carbocycles. The maximum Gasteiger partial charge on any atom is 0.160 e. The van der Waals surface area contributed by atoms with E-state index in [0.717, 1.165) is 39.2 Å². The van der Waals surface area contributed by atoms with E-state index in [1.165, 1.54) is 55.3 Å². The molecule has 11 rings (SSSR count). The van der Waals surface area contributed by atoms with E-state index in [2.05, 4.69) is 224 Å². The van der Waals surface area contributed by atoms with E-state index in [1.54, 1.807) is 0 Å². The number of benzene rings is 9. The van der Waals surface area contributed by atoms with E-state index >= 15 is 0 Å². The van der Waals surface area contributed by atoms with Gasteiger partial charge in [-0.2, -0.15) is 0 Å². The molecule has 1 heterocycles. The molecule has 0 N–H and O–H groups in total. The quantitative estimate of drug-likeness (QED) is 0.162. The van der Waals surface area contributed by atoms with Crippen LogP contribution in [-0.4, -0.2) is 9.97 Å². The zero-order valence-corrected chi connectivity index (χ0v) is 32.3. The molecule has 0 spiro atoms. The lowest BCUT2D eigenvalue weighted by Gasteiger charge is -2.34. The van der Waals surface area contributed by atoms with Crippen molar-refractivity contribution in [3.63, 3.8) is 0 Å². The van der Waals surface area contributed by atoms with Crippen LogP contribution in [0.15, 0.2) is 231 Å². The Morgan fingerprint density at radius 3 is 1.49 bits per heavy atom. The molecule has 1 aliphatic rings. The van der Waals surface area contributed by atoms with Crippen molar-refractivity contribution in [2.24, 2.45) is 0 Å². The van der Waals surface area contributed by atoms with E-state index < -0.39 is 5.41 Å². The van der Waals surface area contributed by atoms with E-state index in [0.29, 0.717) is 5.82 Å². The third-order valence-corrected chi connectivity index (χ3v) is 12.0. The highest BCUT2D eigenvalue weighted by molar-refractivity contribution is 5.97. The topological polar surface area (TPSA) is 25.8 Å². The summed E-state index contributed by atoms with van der Waals surface area (Å²) in [6.45, 7) is 0. The Kier molecular flexibility index (Phi) is 8.41. The van der Waals surface area contributed by atoms with Gasteiger partial charge in [0.15, 0.2) is 5.82 Å². The average molecular weight is 751 g/mol. The molecule has 0 atom stereocenters. The number of hydrogen-bond donors (Lipinski definition) is 0. The highest BCUT2D eigenvalue weighted by atomic mass is 14.9. The Balaban J connectivity index is 1.21. The largest absolute Gasteiger partial charge is 0.228 e. The molecule has 10 aromatic rings. The fourth-order valence-electron chi connectivity index (χ4n) is 9.21. The van der Waals surface area contributed by atoms with E-state index in [9.17, 15) is 0 Å². The van der Waals surface area contributed by atoms with Crippen LogP contribution in [0.2, 0.25) is 0 Å². The summed E-state index contributed by atoms with van der Waals surface area (Å²) >= 11 is 0. The van der Waals surface area contributed by atoms with Crippen LogP contribution in [-0.2, 0) is 5.41 Å². The van der Waals surface area contributed by atoms with Crippen molar-refractivity contribution in [1.82, 2.24) is 9.97 Å². The van der Waals surface area contributed by atoms with Crippen LogP contribution in [0, 0.1) is 0 Å². The van der Waals surface area contributed by atoms with Gasteiger partial charge in [-0.1, -0.05) is 206 Å². The predicted molar refractivity (Wildman–Crippen MR) is 244 cm³/mol. The summed E-state index contributed by atoms with van der Waals surface area (Å²) in [5.41, 5.74) is 16.4. The first-order valence-corrected chi connectivity index (χ1v) is 20.2. The molecular weight excluding hydrogens is 713 g/mol. The molecule has 0 fully saturated rings. The summed E-state index contributed by atoms with van der Waals surface area (Å²) < 4.78 is 0. The highest BCUT2D eigenvalue weighted by Crippen LogP contribution is 2.58. The Bertz CT molecular complexity index is 3080. The number of nitrogens with zero attached hydrogens (tertiary/aromatic N) is 2. The number of aromatic nitrogens is 2. The lowest BCUT2D eigenvalue weighted by molar-refractivity contribution is 0.769. The van der Waals surface area contributed by atoms with Gasteiger partial charge >= 0.3 is 0 Å². The fraction of sp³-hybridized carbons (Fsp3) is 0.0175. The lowest BCUT2D eigenvalue weighted by atomic mass is 9.67. The maximum absolute atomic E-state index is 5.44. The Morgan fingerprint density at radius 1 is 0.271 bits per heavy atom. The van der Waals surface area contributed by atoms with Gasteiger partial charge in [-0.15, -0.1) is 0 Å². The van der Waals surface area contributed by atoms with Crippen LogP contribution >= 0.6 is 0 Å². The van der Waals surface area contributed by atoms with Gasteiger partial charge in [-0.05, 0) is 90.7 Å². The summed E-state index contributed by atoms with van der Waals surface area (Å²) in [6, 6.07) is 83.1. The molecular formula is C57H38N2. The molecule has 1 aliphatic carbocycles. The van der Waals surface area contributed by atoms with Crippen LogP contribution in [0.4, 0.5) is 0 Å². The van der Waals surface area contributed by atoms with Crippen LogP contribution in [0.3, 0.4) is 0 Å². The van der Waals surface area contributed by atoms with E-state index in [1.807, 2.05) is 6.07 Å². The third-order valence-electron chi connectivity index (χ3n) is 12.0. The van der Waals surface area contributed by atoms with Crippen LogP contribution in [0.25, 0.3) is 78.1 Å². The first-order chi connectivity index (χ1) is 29.2. The first kappa shape index (κ1) is 34.6. The van der Waals surface area contributed by atoms with Gasteiger partial charge in [0.1, 0.15) is 0 Å². The van der Waals surface area contributed by atoms with Crippen molar-refractivity contribution in [2.75, 3.05) is 0 Å². The zero-order valence-electron chi connectivity index (χ0n) is 32.3. The second kappa shape index (κ2) is 14.4. The smallest absolute Gasteiger partial charge is 0.160 e. The minimum absolute atomic E-state index is 0.537. The van der Waals surface area contributed by atoms with Crippen molar-refractivity contribution < 1.29 is 0 Å². The Labute approximate surface area is 344 Å². The van der Waals surface area contributed by atoms with E-state index in [-0.39, 0.29) is 0 Å². The maximum atomic E-state index is 5.44. The van der Waals surface area contributed by atoms with Crippen molar-refractivity contribution in [1.29, 1.82) is 0 Å². The zero-order chi connectivity index (χ0) is 39.2. The van der Waals surface area contributed by atoms with Crippen LogP contribution in [0.5, 0.6) is 0 Å². The molecule has 0 amide bonds. The fourth-order valence-corrected chi connectivity index (χ4v) is 9.21. The Morgan fingerprint density at radius 2 is 0.797 bits per heavy atom. The van der Waals surface area contributed by atoms with Gasteiger partial charge in [-0.3, -0.25) is 0 Å².